The first-order valence-corrected chi connectivity index (χ1v) is 6.49. The average Bonchev–Trinajstić information content (AvgIpc) is 3.21. The number of rotatable bonds is 4. The van der Waals surface area contributed by atoms with E-state index in [-0.39, 0.29) is 5.56 Å². The highest BCUT2D eigenvalue weighted by Gasteiger charge is 2.25. The van der Waals surface area contributed by atoms with Gasteiger partial charge in [-0.25, -0.2) is 9.78 Å². The summed E-state index contributed by atoms with van der Waals surface area (Å²) >= 11 is 0. The Bertz CT molecular complexity index is 635. The van der Waals surface area contributed by atoms with Crippen LogP contribution in [0.15, 0.2) is 30.3 Å². The van der Waals surface area contributed by atoms with Crippen LogP contribution in [-0.2, 0) is 0 Å². The summed E-state index contributed by atoms with van der Waals surface area (Å²) in [6.07, 6.45) is 2.47. The van der Waals surface area contributed by atoms with Crippen molar-refractivity contribution in [3.8, 4) is 0 Å². The standard InChI is InChI=1S/C15H16N2O2/c1-17(9-10-6-7-10)14-12(15(18)19)8-11-4-2-3-5-13(11)16-14/h2-5,8,10H,6-7,9H2,1H3,(H,18,19). The molecule has 2 aromatic rings. The monoisotopic (exact) mass is 256 g/mol. The first kappa shape index (κ1) is 12.0. The number of anilines is 1. The zero-order chi connectivity index (χ0) is 13.4. The molecule has 1 aliphatic rings. The SMILES string of the molecule is CN(CC1CC1)c1nc2ccccc2cc1C(=O)O. The van der Waals surface area contributed by atoms with Crippen LogP contribution in [0.1, 0.15) is 23.2 Å². The first-order chi connectivity index (χ1) is 9.15. The Morgan fingerprint density at radius 2 is 2.16 bits per heavy atom. The molecule has 1 aromatic heterocycles. The van der Waals surface area contributed by atoms with Gasteiger partial charge in [-0.3, -0.25) is 0 Å². The van der Waals surface area contributed by atoms with E-state index >= 15 is 0 Å². The van der Waals surface area contributed by atoms with Gasteiger partial charge in [-0.05, 0) is 30.9 Å². The van der Waals surface area contributed by atoms with Gasteiger partial charge in [0, 0.05) is 19.0 Å². The summed E-state index contributed by atoms with van der Waals surface area (Å²) in [5.74, 6) is 0.342. The molecule has 0 bridgehead atoms. The lowest BCUT2D eigenvalue weighted by Gasteiger charge is -2.20. The normalized spacial score (nSPS) is 14.6. The van der Waals surface area contributed by atoms with Crippen LogP contribution in [-0.4, -0.2) is 29.7 Å². The van der Waals surface area contributed by atoms with Crippen LogP contribution < -0.4 is 4.90 Å². The number of carbonyl (C=O) groups is 1. The second-order valence-electron chi connectivity index (χ2n) is 5.18. The molecule has 3 rings (SSSR count). The molecule has 1 fully saturated rings. The predicted octanol–water partition coefficient (Wildman–Crippen LogP) is 2.78. The quantitative estimate of drug-likeness (QED) is 0.914. The van der Waals surface area contributed by atoms with E-state index in [1.54, 1.807) is 6.07 Å². The third kappa shape index (κ3) is 2.38. The molecule has 98 valence electrons. The molecule has 0 aliphatic heterocycles. The number of benzene rings is 1. The number of hydrogen-bond acceptors (Lipinski definition) is 3. The number of aromatic nitrogens is 1. The van der Waals surface area contributed by atoms with E-state index in [1.165, 1.54) is 12.8 Å². The molecule has 0 spiro atoms. The van der Waals surface area contributed by atoms with Gasteiger partial charge in [0.1, 0.15) is 11.4 Å². The molecule has 19 heavy (non-hydrogen) atoms. The van der Waals surface area contributed by atoms with Crippen molar-refractivity contribution in [1.82, 2.24) is 4.98 Å². The Morgan fingerprint density at radius 3 is 2.84 bits per heavy atom. The van der Waals surface area contributed by atoms with Crippen LogP contribution in [0.5, 0.6) is 0 Å². The van der Waals surface area contributed by atoms with E-state index in [1.807, 2.05) is 36.2 Å². The maximum Gasteiger partial charge on any atom is 0.339 e. The van der Waals surface area contributed by atoms with Crippen LogP contribution in [0.4, 0.5) is 5.82 Å². The van der Waals surface area contributed by atoms with Gasteiger partial charge in [-0.2, -0.15) is 0 Å². The van der Waals surface area contributed by atoms with E-state index in [4.69, 9.17) is 0 Å². The smallest absolute Gasteiger partial charge is 0.339 e. The Labute approximate surface area is 111 Å². The minimum atomic E-state index is -0.920. The number of aromatic carboxylic acids is 1. The van der Waals surface area contributed by atoms with Gasteiger partial charge in [0.05, 0.1) is 5.52 Å². The van der Waals surface area contributed by atoms with Crippen LogP contribution >= 0.6 is 0 Å². The number of hydrogen-bond donors (Lipinski definition) is 1. The fourth-order valence-corrected chi connectivity index (χ4v) is 2.33. The number of carboxylic acid groups (broad SMARTS) is 1. The van der Waals surface area contributed by atoms with Crippen molar-refractivity contribution < 1.29 is 9.90 Å². The maximum atomic E-state index is 11.4. The van der Waals surface area contributed by atoms with Crippen LogP contribution in [0, 0.1) is 5.92 Å². The van der Waals surface area contributed by atoms with Gasteiger partial charge < -0.3 is 10.0 Å². The largest absolute Gasteiger partial charge is 0.478 e. The lowest BCUT2D eigenvalue weighted by Crippen LogP contribution is -2.23. The molecule has 0 radical (unpaired) electrons. The molecule has 0 amide bonds. The summed E-state index contributed by atoms with van der Waals surface area (Å²) in [6.45, 7) is 0.881. The molecule has 1 N–H and O–H groups in total. The Balaban J connectivity index is 2.08. The van der Waals surface area contributed by atoms with Crippen molar-refractivity contribution >= 4 is 22.7 Å². The lowest BCUT2D eigenvalue weighted by atomic mass is 10.1. The topological polar surface area (TPSA) is 53.4 Å². The third-order valence-electron chi connectivity index (χ3n) is 3.52. The second-order valence-corrected chi connectivity index (χ2v) is 5.18. The zero-order valence-electron chi connectivity index (χ0n) is 10.8. The number of para-hydroxylation sites is 1. The Hall–Kier alpha value is -2.10. The van der Waals surface area contributed by atoms with Gasteiger partial charge in [-0.1, -0.05) is 18.2 Å². The molecule has 4 nitrogen and oxygen atoms in total. The van der Waals surface area contributed by atoms with E-state index < -0.39 is 5.97 Å². The predicted molar refractivity (Wildman–Crippen MR) is 74.7 cm³/mol. The number of nitrogens with zero attached hydrogens (tertiary/aromatic N) is 2. The van der Waals surface area contributed by atoms with E-state index in [9.17, 15) is 9.90 Å². The summed E-state index contributed by atoms with van der Waals surface area (Å²) in [4.78, 5) is 17.9. The van der Waals surface area contributed by atoms with Gasteiger partial charge >= 0.3 is 5.97 Å². The van der Waals surface area contributed by atoms with Crippen LogP contribution in [0.25, 0.3) is 10.9 Å². The molecular formula is C15H16N2O2. The van der Waals surface area contributed by atoms with Crippen molar-refractivity contribution in [2.45, 2.75) is 12.8 Å². The van der Waals surface area contributed by atoms with Gasteiger partial charge in [-0.15, -0.1) is 0 Å². The lowest BCUT2D eigenvalue weighted by molar-refractivity contribution is 0.0697. The van der Waals surface area contributed by atoms with Gasteiger partial charge in [0.15, 0.2) is 0 Å². The zero-order valence-corrected chi connectivity index (χ0v) is 10.8. The fourth-order valence-electron chi connectivity index (χ4n) is 2.33. The van der Waals surface area contributed by atoms with Crippen molar-refractivity contribution in [3.63, 3.8) is 0 Å². The summed E-state index contributed by atoms with van der Waals surface area (Å²) in [6, 6.07) is 9.32. The van der Waals surface area contributed by atoms with Crippen LogP contribution in [0.2, 0.25) is 0 Å². The van der Waals surface area contributed by atoms with E-state index in [0.29, 0.717) is 11.7 Å². The van der Waals surface area contributed by atoms with Crippen molar-refractivity contribution in [2.75, 3.05) is 18.5 Å². The summed E-state index contributed by atoms with van der Waals surface area (Å²) in [5, 5.41) is 10.2. The minimum Gasteiger partial charge on any atom is -0.478 e. The van der Waals surface area contributed by atoms with Gasteiger partial charge in [0.2, 0.25) is 0 Å². The highest BCUT2D eigenvalue weighted by Crippen LogP contribution is 2.32. The van der Waals surface area contributed by atoms with E-state index in [0.717, 1.165) is 17.4 Å². The maximum absolute atomic E-state index is 11.4. The molecule has 1 aromatic carbocycles. The Kier molecular flexibility index (Phi) is 2.85. The number of fused-ring (bicyclic) bond motifs is 1. The molecule has 1 heterocycles. The molecular weight excluding hydrogens is 240 g/mol. The van der Waals surface area contributed by atoms with Crippen molar-refractivity contribution in [1.29, 1.82) is 0 Å². The number of carboxylic acids is 1. The molecule has 4 heteroatoms. The average molecular weight is 256 g/mol. The summed E-state index contributed by atoms with van der Waals surface area (Å²) in [7, 11) is 1.92. The highest BCUT2D eigenvalue weighted by atomic mass is 16.4. The van der Waals surface area contributed by atoms with Crippen molar-refractivity contribution in [2.24, 2.45) is 5.92 Å². The van der Waals surface area contributed by atoms with Crippen LogP contribution in [0.3, 0.4) is 0 Å². The Morgan fingerprint density at radius 1 is 1.42 bits per heavy atom. The minimum absolute atomic E-state index is 0.279. The molecule has 1 saturated carbocycles. The molecule has 0 saturated heterocycles. The summed E-state index contributed by atoms with van der Waals surface area (Å²) < 4.78 is 0. The number of pyridine rings is 1. The first-order valence-electron chi connectivity index (χ1n) is 6.49. The van der Waals surface area contributed by atoms with Gasteiger partial charge in [0.25, 0.3) is 0 Å². The fraction of sp³-hybridized carbons (Fsp3) is 0.333. The third-order valence-corrected chi connectivity index (χ3v) is 3.52. The molecule has 0 atom stereocenters. The second kappa shape index (κ2) is 4.53. The summed E-state index contributed by atoms with van der Waals surface area (Å²) in [5.41, 5.74) is 1.12. The van der Waals surface area contributed by atoms with E-state index in [2.05, 4.69) is 4.98 Å². The highest BCUT2D eigenvalue weighted by molar-refractivity contribution is 5.98. The molecule has 1 aliphatic carbocycles. The van der Waals surface area contributed by atoms with Crippen molar-refractivity contribution in [3.05, 3.63) is 35.9 Å². The molecule has 0 unspecified atom stereocenters.